The van der Waals surface area contributed by atoms with E-state index < -0.39 is 10.0 Å². The molecule has 1 aromatic heterocycles. The van der Waals surface area contributed by atoms with Gasteiger partial charge in [0, 0.05) is 13.6 Å². The van der Waals surface area contributed by atoms with Crippen molar-refractivity contribution in [3.63, 3.8) is 0 Å². The van der Waals surface area contributed by atoms with Gasteiger partial charge >= 0.3 is 0 Å². The first-order valence-corrected chi connectivity index (χ1v) is 9.39. The van der Waals surface area contributed by atoms with E-state index in [9.17, 15) is 8.42 Å². The molecule has 1 N–H and O–H groups in total. The van der Waals surface area contributed by atoms with E-state index in [1.807, 2.05) is 6.92 Å². The van der Waals surface area contributed by atoms with Crippen LogP contribution in [0.1, 0.15) is 18.4 Å². The normalized spacial score (nSPS) is 18.1. The van der Waals surface area contributed by atoms with Crippen molar-refractivity contribution in [3.05, 3.63) is 15.4 Å². The van der Waals surface area contributed by atoms with Crippen LogP contribution in [0, 0.1) is 12.8 Å². The number of sulfonamides is 1. The van der Waals surface area contributed by atoms with Crippen molar-refractivity contribution in [2.45, 2.75) is 24.0 Å². The number of nitrogens with zero attached hydrogens (tertiary/aromatic N) is 1. The topological polar surface area (TPSA) is 49.4 Å². The Kier molecular flexibility index (Phi) is 5.05. The Labute approximate surface area is 127 Å². The van der Waals surface area contributed by atoms with Gasteiger partial charge in [0.05, 0.1) is 3.79 Å². The molecule has 7 heteroatoms. The number of piperidine rings is 1. The summed E-state index contributed by atoms with van der Waals surface area (Å²) in [6.07, 6.45) is 2.10. The minimum absolute atomic E-state index is 0.424. The number of halogens is 1. The Balaban J connectivity index is 2.10. The molecule has 0 radical (unpaired) electrons. The zero-order valence-corrected chi connectivity index (χ0v) is 14.4. The fraction of sp³-hybridized carbons (Fsp3) is 0.667. The fourth-order valence-electron chi connectivity index (χ4n) is 2.24. The first-order valence-electron chi connectivity index (χ1n) is 6.34. The van der Waals surface area contributed by atoms with Crippen LogP contribution in [0.3, 0.4) is 0 Å². The highest BCUT2D eigenvalue weighted by atomic mass is 79.9. The average Bonchev–Trinajstić information content (AvgIpc) is 2.71. The lowest BCUT2D eigenvalue weighted by Crippen LogP contribution is -2.37. The molecular weight excluding hydrogens is 348 g/mol. The molecular formula is C12H19BrN2O2S2. The van der Waals surface area contributed by atoms with Gasteiger partial charge in [0.2, 0.25) is 0 Å². The van der Waals surface area contributed by atoms with Gasteiger partial charge in [-0.05, 0) is 66.3 Å². The first kappa shape index (κ1) is 15.4. The molecule has 0 saturated carbocycles. The van der Waals surface area contributed by atoms with Crippen molar-refractivity contribution in [2.75, 3.05) is 26.7 Å². The van der Waals surface area contributed by atoms with Crippen LogP contribution in [0.15, 0.2) is 14.1 Å². The third-order valence-electron chi connectivity index (χ3n) is 3.47. The summed E-state index contributed by atoms with van der Waals surface area (Å²) in [5.74, 6) is 0.463. The Morgan fingerprint density at radius 1 is 1.47 bits per heavy atom. The van der Waals surface area contributed by atoms with E-state index in [0.717, 1.165) is 35.3 Å². The van der Waals surface area contributed by atoms with E-state index in [0.29, 0.717) is 16.7 Å². The lowest BCUT2D eigenvalue weighted by molar-refractivity contribution is 0.311. The summed E-state index contributed by atoms with van der Waals surface area (Å²) in [6, 6.07) is 1.74. The zero-order valence-electron chi connectivity index (χ0n) is 11.1. The maximum atomic E-state index is 12.5. The predicted octanol–water partition coefficient (Wildman–Crippen LogP) is 2.44. The van der Waals surface area contributed by atoms with Crippen molar-refractivity contribution in [2.24, 2.45) is 5.92 Å². The highest BCUT2D eigenvalue weighted by molar-refractivity contribution is 9.11. The summed E-state index contributed by atoms with van der Waals surface area (Å²) in [7, 11) is -1.66. The third-order valence-corrected chi connectivity index (χ3v) is 7.88. The van der Waals surface area contributed by atoms with Gasteiger partial charge in [0.15, 0.2) is 0 Å². The minimum atomic E-state index is -3.34. The van der Waals surface area contributed by atoms with Crippen molar-refractivity contribution in [3.8, 4) is 0 Å². The van der Waals surface area contributed by atoms with Gasteiger partial charge < -0.3 is 5.32 Å². The van der Waals surface area contributed by atoms with Crippen molar-refractivity contribution in [1.82, 2.24) is 9.62 Å². The Hall–Kier alpha value is 0.0500. The van der Waals surface area contributed by atoms with Gasteiger partial charge in [-0.1, -0.05) is 0 Å². The van der Waals surface area contributed by atoms with E-state index in [2.05, 4.69) is 21.2 Å². The molecule has 108 valence electrons. The molecule has 0 amide bonds. The van der Waals surface area contributed by atoms with Crippen LogP contribution < -0.4 is 5.32 Å². The quantitative estimate of drug-likeness (QED) is 0.889. The van der Waals surface area contributed by atoms with Crippen LogP contribution in [0.5, 0.6) is 0 Å². The zero-order chi connectivity index (χ0) is 14.0. The molecule has 0 spiro atoms. The molecule has 1 fully saturated rings. The molecule has 2 heterocycles. The van der Waals surface area contributed by atoms with Crippen LogP contribution in [-0.2, 0) is 10.0 Å². The van der Waals surface area contributed by atoms with Gasteiger partial charge in [0.1, 0.15) is 4.21 Å². The van der Waals surface area contributed by atoms with Gasteiger partial charge in [-0.25, -0.2) is 8.42 Å². The highest BCUT2D eigenvalue weighted by Gasteiger charge is 2.26. The van der Waals surface area contributed by atoms with E-state index >= 15 is 0 Å². The van der Waals surface area contributed by atoms with Crippen LogP contribution in [-0.4, -0.2) is 39.4 Å². The lowest BCUT2D eigenvalue weighted by atomic mass is 9.98. The molecule has 1 saturated heterocycles. The number of aryl methyl sites for hydroxylation is 1. The summed E-state index contributed by atoms with van der Waals surface area (Å²) >= 11 is 4.67. The largest absolute Gasteiger partial charge is 0.317 e. The Morgan fingerprint density at radius 3 is 2.63 bits per heavy atom. The van der Waals surface area contributed by atoms with Crippen LogP contribution >= 0.6 is 27.3 Å². The van der Waals surface area contributed by atoms with Crippen LogP contribution in [0.2, 0.25) is 0 Å². The van der Waals surface area contributed by atoms with E-state index in [4.69, 9.17) is 0 Å². The molecule has 1 aromatic rings. The van der Waals surface area contributed by atoms with Crippen molar-refractivity contribution >= 4 is 37.3 Å². The van der Waals surface area contributed by atoms with E-state index in [1.54, 1.807) is 13.1 Å². The molecule has 0 atom stereocenters. The van der Waals surface area contributed by atoms with E-state index in [-0.39, 0.29) is 0 Å². The van der Waals surface area contributed by atoms with Gasteiger partial charge in [0.25, 0.3) is 10.0 Å². The molecule has 0 aromatic carbocycles. The van der Waals surface area contributed by atoms with Crippen LogP contribution in [0.25, 0.3) is 0 Å². The summed E-state index contributed by atoms with van der Waals surface area (Å²) in [4.78, 5) is 0. The highest BCUT2D eigenvalue weighted by Crippen LogP contribution is 2.32. The maximum Gasteiger partial charge on any atom is 0.252 e. The van der Waals surface area contributed by atoms with Gasteiger partial charge in [-0.2, -0.15) is 4.31 Å². The number of nitrogens with one attached hydrogen (secondary N) is 1. The molecule has 0 bridgehead atoms. The predicted molar refractivity (Wildman–Crippen MR) is 82.2 cm³/mol. The molecule has 1 aliphatic rings. The second-order valence-electron chi connectivity index (χ2n) is 5.00. The minimum Gasteiger partial charge on any atom is -0.317 e. The smallest absolute Gasteiger partial charge is 0.252 e. The molecule has 0 aliphatic carbocycles. The Morgan fingerprint density at radius 2 is 2.11 bits per heavy atom. The number of hydrogen-bond acceptors (Lipinski definition) is 4. The van der Waals surface area contributed by atoms with Gasteiger partial charge in [-0.3, -0.25) is 0 Å². The van der Waals surface area contributed by atoms with Gasteiger partial charge in [-0.15, -0.1) is 11.3 Å². The standard InChI is InChI=1S/C12H19BrN2O2S2/c1-9-7-11(18-12(9)13)19(16,17)15(2)8-10-3-5-14-6-4-10/h7,10,14H,3-6,8H2,1-2H3. The number of thiophene rings is 1. The lowest BCUT2D eigenvalue weighted by Gasteiger charge is -2.26. The van der Waals surface area contributed by atoms with Crippen molar-refractivity contribution < 1.29 is 8.42 Å². The fourth-order valence-corrected chi connectivity index (χ4v) is 5.92. The Bertz CT molecular complexity index is 516. The molecule has 19 heavy (non-hydrogen) atoms. The molecule has 1 aliphatic heterocycles. The van der Waals surface area contributed by atoms with Crippen LogP contribution in [0.4, 0.5) is 0 Å². The monoisotopic (exact) mass is 366 g/mol. The average molecular weight is 367 g/mol. The second kappa shape index (κ2) is 6.22. The SMILES string of the molecule is Cc1cc(S(=O)(=O)N(C)CC2CCNCC2)sc1Br. The summed E-state index contributed by atoms with van der Waals surface area (Å²) in [6.45, 7) is 4.50. The molecule has 0 unspecified atom stereocenters. The number of hydrogen-bond donors (Lipinski definition) is 1. The summed E-state index contributed by atoms with van der Waals surface area (Å²) < 4.78 is 27.8. The van der Waals surface area contributed by atoms with E-state index in [1.165, 1.54) is 15.6 Å². The second-order valence-corrected chi connectivity index (χ2v) is 9.64. The first-order chi connectivity index (χ1) is 8.91. The summed E-state index contributed by atoms with van der Waals surface area (Å²) in [5.41, 5.74) is 0.971. The van der Waals surface area contributed by atoms with Crippen molar-refractivity contribution in [1.29, 1.82) is 0 Å². The maximum absolute atomic E-state index is 12.5. The molecule has 4 nitrogen and oxygen atoms in total. The summed E-state index contributed by atoms with van der Waals surface area (Å²) in [5, 5.41) is 3.30. The number of rotatable bonds is 4. The third kappa shape index (κ3) is 3.58. The molecule has 2 rings (SSSR count).